The number of ketones is 2. The van der Waals surface area contributed by atoms with E-state index in [0.717, 1.165) is 7.11 Å². The highest BCUT2D eigenvalue weighted by molar-refractivity contribution is 6.08. The average molecular weight is 749 g/mol. The van der Waals surface area contributed by atoms with Gasteiger partial charge in [0.15, 0.2) is 11.6 Å². The molecule has 0 amide bonds. The second kappa shape index (κ2) is 14.4. The van der Waals surface area contributed by atoms with Gasteiger partial charge in [-0.15, -0.1) is 0 Å². The molecule has 16 heteroatoms. The third-order valence-electron chi connectivity index (χ3n) is 10.9. The Hall–Kier alpha value is -5.48. The van der Waals surface area contributed by atoms with Gasteiger partial charge in [0, 0.05) is 29.6 Å². The molecule has 4 atom stereocenters. The summed E-state index contributed by atoms with van der Waals surface area (Å²) in [6.07, 6.45) is -1.36. The first-order valence-corrected chi connectivity index (χ1v) is 17.2. The van der Waals surface area contributed by atoms with Crippen LogP contribution in [0, 0.1) is 6.92 Å². The molecule has 0 aliphatic carbocycles. The lowest BCUT2D eigenvalue weighted by atomic mass is 9.77. The first kappa shape index (κ1) is 39.7. The molecule has 2 unspecified atom stereocenters. The Labute approximate surface area is 310 Å². The van der Waals surface area contributed by atoms with Gasteiger partial charge in [0.2, 0.25) is 0 Å². The first-order chi connectivity index (χ1) is 25.3. The van der Waals surface area contributed by atoms with Crippen LogP contribution in [0.5, 0.6) is 0 Å². The summed E-state index contributed by atoms with van der Waals surface area (Å²) < 4.78 is 19.5. The molecule has 288 valence electrons. The van der Waals surface area contributed by atoms with E-state index in [1.165, 1.54) is 53.4 Å². The lowest BCUT2D eigenvalue weighted by Crippen LogP contribution is -2.44. The molecule has 2 aromatic rings. The number of methoxy groups -OCH3 is 4. The number of rotatable bonds is 10. The van der Waals surface area contributed by atoms with E-state index in [4.69, 9.17) is 18.9 Å². The van der Waals surface area contributed by atoms with Crippen LogP contribution < -0.4 is 0 Å². The smallest absolute Gasteiger partial charge is 0.306 e. The second-order valence-electron chi connectivity index (χ2n) is 14.3. The SMILES string of the molecule is COC(=O)CCc1c(C)c2cc3[nH]c(cc4nc(cc5nc(cc1[nH]2)C(O)(CCC(=O)OC)C5(C)O)C(=O)[C@]4(C)CC(=O)OC)C(=O)[C@]3(C)CC(=O)OC. The van der Waals surface area contributed by atoms with Crippen LogP contribution in [0.3, 0.4) is 0 Å². The average Bonchev–Trinajstić information content (AvgIpc) is 3.70. The minimum Gasteiger partial charge on any atom is -0.469 e. The van der Waals surface area contributed by atoms with E-state index in [2.05, 4.69) is 19.9 Å². The number of aromatic amines is 2. The van der Waals surface area contributed by atoms with Gasteiger partial charge in [-0.3, -0.25) is 33.8 Å². The number of H-pyrrole nitrogens is 2. The van der Waals surface area contributed by atoms with Gasteiger partial charge in [0.1, 0.15) is 16.9 Å². The molecule has 8 bridgehead atoms. The number of aliphatic hydroxyl groups is 2. The Morgan fingerprint density at radius 3 is 1.89 bits per heavy atom. The monoisotopic (exact) mass is 748 g/mol. The van der Waals surface area contributed by atoms with Crippen LogP contribution in [-0.4, -0.2) is 94.0 Å². The van der Waals surface area contributed by atoms with Crippen molar-refractivity contribution in [3.8, 4) is 0 Å². The summed E-state index contributed by atoms with van der Waals surface area (Å²) in [4.78, 5) is 94.0. The summed E-state index contributed by atoms with van der Waals surface area (Å²) in [5.74, 6) is -3.73. The topological polar surface area (TPSA) is 237 Å². The molecular formula is C38H44N4O12. The number of carbonyl (C=O) groups excluding carboxylic acids is 6. The Kier molecular flexibility index (Phi) is 10.6. The largest absolute Gasteiger partial charge is 0.469 e. The van der Waals surface area contributed by atoms with Crippen LogP contribution in [0.2, 0.25) is 0 Å². The van der Waals surface area contributed by atoms with E-state index in [1.807, 2.05) is 0 Å². The Morgan fingerprint density at radius 2 is 1.28 bits per heavy atom. The van der Waals surface area contributed by atoms with Gasteiger partial charge in [-0.1, -0.05) is 0 Å². The van der Waals surface area contributed by atoms with Crippen LogP contribution >= 0.6 is 0 Å². The lowest BCUT2D eigenvalue weighted by Gasteiger charge is -2.35. The van der Waals surface area contributed by atoms with Gasteiger partial charge in [0.05, 0.1) is 74.9 Å². The van der Waals surface area contributed by atoms with Gasteiger partial charge in [0.25, 0.3) is 0 Å². The predicted molar refractivity (Wildman–Crippen MR) is 189 cm³/mol. The third kappa shape index (κ3) is 6.64. The molecule has 0 aromatic carbocycles. The number of aromatic nitrogens is 4. The number of esters is 4. The van der Waals surface area contributed by atoms with E-state index in [0.29, 0.717) is 22.2 Å². The lowest BCUT2D eigenvalue weighted by molar-refractivity contribution is -0.160. The van der Waals surface area contributed by atoms with Gasteiger partial charge >= 0.3 is 23.9 Å². The number of Topliss-reactive ketones (excluding diaryl/α,β-unsaturated/α-hetero) is 2. The van der Waals surface area contributed by atoms with E-state index in [9.17, 15) is 39.0 Å². The predicted octanol–water partition coefficient (Wildman–Crippen LogP) is 2.91. The molecule has 4 N–H and O–H groups in total. The number of nitrogens with zero attached hydrogens (tertiary/aromatic N) is 2. The highest BCUT2D eigenvalue weighted by Gasteiger charge is 2.55. The molecule has 0 radical (unpaired) electrons. The van der Waals surface area contributed by atoms with E-state index in [1.54, 1.807) is 19.9 Å². The van der Waals surface area contributed by atoms with E-state index >= 15 is 0 Å². The maximum absolute atomic E-state index is 14.3. The number of fused-ring (bicyclic) bond motifs is 8. The summed E-state index contributed by atoms with van der Waals surface area (Å²) in [6, 6.07) is 5.65. The number of carbonyl (C=O) groups is 6. The standard InChI is InChI=1S/C38H44N4O12/c1-19-20(9-10-29(43)51-5)22-14-28-38(50,12-11-30(44)52-6)37(4,49)27(42-28)16-24-34(48)36(3,18-32(46)54-8)26(41-24)15-23-33(47)35(2,17-31(45)53-7)25(40-23)13-21(19)39-22/h13-16,39-40,49-50H,9-12,17-18H2,1-8H3/t35-,36-,37?,38?/m1/s1. The summed E-state index contributed by atoms with van der Waals surface area (Å²) in [7, 11) is 4.82. The number of ether oxygens (including phenoxy) is 4. The van der Waals surface area contributed by atoms with Crippen LogP contribution in [0.4, 0.5) is 0 Å². The van der Waals surface area contributed by atoms with Crippen molar-refractivity contribution in [2.24, 2.45) is 0 Å². The fraction of sp³-hybridized carbons (Fsp3) is 0.474. The molecule has 0 saturated carbocycles. The third-order valence-corrected chi connectivity index (χ3v) is 10.9. The zero-order valence-corrected chi connectivity index (χ0v) is 31.4. The van der Waals surface area contributed by atoms with E-state index < -0.39 is 63.9 Å². The van der Waals surface area contributed by atoms with Crippen LogP contribution in [0.25, 0.3) is 11.0 Å². The van der Waals surface area contributed by atoms with Crippen molar-refractivity contribution in [3.63, 3.8) is 0 Å². The number of aryl methyl sites for hydroxylation is 2. The van der Waals surface area contributed by atoms with Crippen LogP contribution in [0.1, 0.15) is 108 Å². The minimum atomic E-state index is -2.23. The summed E-state index contributed by atoms with van der Waals surface area (Å²) >= 11 is 0. The zero-order valence-electron chi connectivity index (χ0n) is 31.4. The van der Waals surface area contributed by atoms with Crippen molar-refractivity contribution in [2.45, 2.75) is 88.3 Å². The second-order valence-corrected chi connectivity index (χ2v) is 14.3. The minimum absolute atomic E-state index is 0.00663. The summed E-state index contributed by atoms with van der Waals surface area (Å²) in [5.41, 5.74) is -5.76. The van der Waals surface area contributed by atoms with Gasteiger partial charge in [-0.2, -0.15) is 0 Å². The molecule has 3 aliphatic rings. The van der Waals surface area contributed by atoms with Gasteiger partial charge in [-0.25, -0.2) is 4.98 Å². The van der Waals surface area contributed by atoms with Crippen molar-refractivity contribution >= 4 is 46.5 Å². The van der Waals surface area contributed by atoms with Gasteiger partial charge in [-0.05, 0) is 75.9 Å². The Balaban J connectivity index is 1.96. The Morgan fingerprint density at radius 1 is 0.685 bits per heavy atom. The van der Waals surface area contributed by atoms with Crippen molar-refractivity contribution in [1.82, 2.24) is 19.9 Å². The molecule has 0 spiro atoms. The number of nitrogens with one attached hydrogen (secondary N) is 2. The molecule has 0 saturated heterocycles. The zero-order chi connectivity index (χ0) is 40.0. The normalized spacial score (nSPS) is 24.1. The fourth-order valence-electron chi connectivity index (χ4n) is 7.13. The maximum atomic E-state index is 14.3. The molecule has 54 heavy (non-hydrogen) atoms. The molecule has 16 nitrogen and oxygen atoms in total. The van der Waals surface area contributed by atoms with E-state index in [-0.39, 0.29) is 66.3 Å². The molecular weight excluding hydrogens is 704 g/mol. The molecule has 2 aromatic heterocycles. The summed E-state index contributed by atoms with van der Waals surface area (Å²) in [5, 5.41) is 24.4. The Bertz CT molecular complexity index is 2150. The van der Waals surface area contributed by atoms with Crippen molar-refractivity contribution in [3.05, 3.63) is 69.6 Å². The van der Waals surface area contributed by atoms with Gasteiger partial charge < -0.3 is 39.1 Å². The highest BCUT2D eigenvalue weighted by atomic mass is 16.5. The number of hydrogen-bond donors (Lipinski definition) is 4. The van der Waals surface area contributed by atoms with Crippen LogP contribution in [-0.2, 0) is 66.6 Å². The highest BCUT2D eigenvalue weighted by Crippen LogP contribution is 2.48. The summed E-state index contributed by atoms with van der Waals surface area (Å²) in [6.45, 7) is 6.10. The quantitative estimate of drug-likeness (QED) is 0.202. The first-order valence-electron chi connectivity index (χ1n) is 17.2. The van der Waals surface area contributed by atoms with Crippen LogP contribution in [0.15, 0.2) is 24.3 Å². The molecule has 0 fully saturated rings. The molecule has 5 rings (SSSR count). The fourth-order valence-corrected chi connectivity index (χ4v) is 7.13. The van der Waals surface area contributed by atoms with Crippen molar-refractivity contribution < 1.29 is 57.9 Å². The van der Waals surface area contributed by atoms with Crippen molar-refractivity contribution in [2.75, 3.05) is 28.4 Å². The molecule has 5 heterocycles. The van der Waals surface area contributed by atoms with Crippen molar-refractivity contribution in [1.29, 1.82) is 0 Å². The molecule has 3 aliphatic heterocycles. The number of hydrogen-bond acceptors (Lipinski definition) is 14. The maximum Gasteiger partial charge on any atom is 0.306 e.